The third-order valence-corrected chi connectivity index (χ3v) is 6.92. The van der Waals surface area contributed by atoms with Crippen LogP contribution in [-0.4, -0.2) is 46.2 Å². The molecule has 2 unspecified atom stereocenters. The van der Waals surface area contributed by atoms with Crippen LogP contribution >= 0.6 is 11.3 Å². The topological polar surface area (TPSA) is 130 Å². The number of hydrogen-bond donors (Lipinski definition) is 4. The lowest BCUT2D eigenvalue weighted by Crippen LogP contribution is -2.32. The summed E-state index contributed by atoms with van der Waals surface area (Å²) in [5, 5.41) is 13.0. The molecule has 1 saturated heterocycles. The van der Waals surface area contributed by atoms with E-state index in [0.29, 0.717) is 18.8 Å². The molecule has 2 aliphatic rings. The average molecular weight is 473 g/mol. The van der Waals surface area contributed by atoms with Crippen LogP contribution in [0.4, 0.5) is 25.2 Å². The van der Waals surface area contributed by atoms with Gasteiger partial charge in [-0.3, -0.25) is 9.78 Å². The molecule has 33 heavy (non-hydrogen) atoms. The molecule has 172 valence electrons. The quantitative estimate of drug-likeness (QED) is 0.458. The van der Waals surface area contributed by atoms with E-state index < -0.39 is 29.7 Å². The monoisotopic (exact) mass is 472 g/mol. The molecule has 0 bridgehead atoms. The van der Waals surface area contributed by atoms with E-state index in [1.54, 1.807) is 6.20 Å². The van der Waals surface area contributed by atoms with Gasteiger partial charge in [-0.05, 0) is 37.0 Å². The zero-order chi connectivity index (χ0) is 23.3. The summed E-state index contributed by atoms with van der Waals surface area (Å²) in [6, 6.07) is 3.09. The number of aliphatic hydroxyl groups is 1. The first-order valence-electron chi connectivity index (χ1n) is 10.5. The number of fused-ring (bicyclic) bond motifs is 1. The summed E-state index contributed by atoms with van der Waals surface area (Å²) < 4.78 is 28.4. The fourth-order valence-electron chi connectivity index (χ4n) is 4.42. The zero-order valence-corrected chi connectivity index (χ0v) is 18.3. The second-order valence-corrected chi connectivity index (χ2v) is 9.25. The lowest BCUT2D eigenvalue weighted by atomic mass is 10.1. The van der Waals surface area contributed by atoms with Crippen LogP contribution in [0.3, 0.4) is 0 Å². The third-order valence-electron chi connectivity index (χ3n) is 6.02. The number of benzene rings is 1. The van der Waals surface area contributed by atoms with Gasteiger partial charge in [0.05, 0.1) is 29.2 Å². The first kappa shape index (κ1) is 21.7. The van der Waals surface area contributed by atoms with Crippen molar-refractivity contribution >= 4 is 33.6 Å². The van der Waals surface area contributed by atoms with Crippen LogP contribution < -0.4 is 21.7 Å². The van der Waals surface area contributed by atoms with Gasteiger partial charge >= 0.3 is 0 Å². The Bertz CT molecular complexity index is 1220. The largest absolute Gasteiger partial charge is 0.390 e. The normalized spacial score (nSPS) is 19.7. The summed E-state index contributed by atoms with van der Waals surface area (Å²) in [7, 11) is 0. The highest BCUT2D eigenvalue weighted by molar-refractivity contribution is 7.19. The van der Waals surface area contributed by atoms with Crippen molar-refractivity contribution in [2.24, 2.45) is 5.73 Å². The number of hydrogen-bond acceptors (Lipinski definition) is 8. The van der Waals surface area contributed by atoms with E-state index in [2.05, 4.69) is 15.3 Å². The highest BCUT2D eigenvalue weighted by Crippen LogP contribution is 2.39. The fraction of sp³-hybridized carbons (Fsp3) is 0.318. The van der Waals surface area contributed by atoms with Crippen molar-refractivity contribution < 1.29 is 18.7 Å². The average Bonchev–Trinajstić information content (AvgIpc) is 3.47. The van der Waals surface area contributed by atoms with Crippen LogP contribution in [0.5, 0.6) is 0 Å². The number of nitrogen functional groups attached to an aromatic ring is 1. The van der Waals surface area contributed by atoms with E-state index in [-0.39, 0.29) is 21.3 Å². The lowest BCUT2D eigenvalue weighted by Gasteiger charge is -2.24. The Morgan fingerprint density at radius 1 is 1.24 bits per heavy atom. The number of aryl methyl sites for hydroxylation is 1. The van der Waals surface area contributed by atoms with E-state index >= 15 is 0 Å². The Labute approximate surface area is 192 Å². The Hall–Kier alpha value is -3.15. The van der Waals surface area contributed by atoms with E-state index in [1.807, 2.05) is 4.90 Å². The van der Waals surface area contributed by atoms with Gasteiger partial charge in [-0.1, -0.05) is 17.4 Å². The number of carbonyl (C=O) groups excluding carboxylic acids is 1. The summed E-state index contributed by atoms with van der Waals surface area (Å²) in [4.78, 5) is 23.7. The van der Waals surface area contributed by atoms with Crippen LogP contribution in [0.15, 0.2) is 24.4 Å². The highest BCUT2D eigenvalue weighted by atomic mass is 32.1. The van der Waals surface area contributed by atoms with Crippen LogP contribution in [0.1, 0.15) is 28.2 Å². The number of pyridine rings is 1. The van der Waals surface area contributed by atoms with Crippen molar-refractivity contribution in [3.8, 4) is 10.6 Å². The smallest absolute Gasteiger partial charge is 0.277 e. The predicted octanol–water partition coefficient (Wildman–Crippen LogP) is 2.31. The first-order valence-corrected chi connectivity index (χ1v) is 11.4. The molecular formula is C22H22F2N6O2S. The molecule has 2 atom stereocenters. The molecule has 5 rings (SSSR count). The summed E-state index contributed by atoms with van der Waals surface area (Å²) in [6.07, 6.45) is 3.50. The molecule has 2 aromatic heterocycles. The molecule has 11 heteroatoms. The van der Waals surface area contributed by atoms with E-state index in [4.69, 9.17) is 11.5 Å². The molecule has 0 radical (unpaired) electrons. The van der Waals surface area contributed by atoms with Crippen LogP contribution in [0.25, 0.3) is 10.6 Å². The van der Waals surface area contributed by atoms with Crippen LogP contribution in [0, 0.1) is 11.6 Å². The molecule has 1 amide bonds. The number of halogens is 2. The first-order chi connectivity index (χ1) is 15.8. The number of aromatic nitrogens is 2. The molecule has 1 aliphatic heterocycles. The molecule has 0 saturated carbocycles. The Morgan fingerprint density at radius 3 is 2.70 bits per heavy atom. The van der Waals surface area contributed by atoms with Gasteiger partial charge in [-0.25, -0.2) is 13.8 Å². The maximum Gasteiger partial charge on any atom is 0.277 e. The van der Waals surface area contributed by atoms with Gasteiger partial charge in [-0.2, -0.15) is 0 Å². The van der Waals surface area contributed by atoms with Gasteiger partial charge in [0.15, 0.2) is 5.69 Å². The number of carbonyl (C=O) groups is 1. The number of anilines is 3. The molecule has 3 heterocycles. The summed E-state index contributed by atoms with van der Waals surface area (Å²) in [5.74, 6) is -2.19. The summed E-state index contributed by atoms with van der Waals surface area (Å²) in [6.45, 7) is 0.784. The highest BCUT2D eigenvalue weighted by Gasteiger charge is 2.33. The minimum absolute atomic E-state index is 0.0193. The standard InChI is InChI=1S/C22H22F2N6O2S/c23-11-4-2-5-12(24)17(11)22-29-18(20(26)33-22)21(32)28-15-7-27-14-6-1-3-10(14)19(15)30-8-13(25)16(31)9-30/h2,4-5,7,13,16,31H,1,3,6,8-9,25-26H2,(H,28,32). The molecule has 0 spiro atoms. The summed E-state index contributed by atoms with van der Waals surface area (Å²) in [5.41, 5.74) is 14.8. The second-order valence-electron chi connectivity index (χ2n) is 8.22. The van der Waals surface area contributed by atoms with Gasteiger partial charge < -0.3 is 26.8 Å². The second kappa shape index (κ2) is 8.32. The number of rotatable bonds is 4. The maximum absolute atomic E-state index is 14.2. The number of amides is 1. The number of nitrogens with two attached hydrogens (primary N) is 2. The lowest BCUT2D eigenvalue weighted by molar-refractivity contribution is 0.102. The van der Waals surface area contributed by atoms with Gasteiger partial charge in [0.25, 0.3) is 5.91 Å². The van der Waals surface area contributed by atoms with E-state index in [9.17, 15) is 18.7 Å². The molecule has 1 fully saturated rings. The number of thiazole rings is 1. The van der Waals surface area contributed by atoms with Crippen molar-refractivity contribution in [3.05, 3.63) is 53.0 Å². The number of β-amino-alcohol motifs (C(OH)–C–C–N with tert-alkyl or cyclic N) is 1. The van der Waals surface area contributed by atoms with Crippen LogP contribution in [0.2, 0.25) is 0 Å². The number of aliphatic hydroxyl groups excluding tert-OH is 1. The molecule has 3 aromatic rings. The zero-order valence-electron chi connectivity index (χ0n) is 17.5. The SMILES string of the molecule is Nc1sc(-c2c(F)cccc2F)nc1C(=O)Nc1cnc2c(c1N1CC(N)C(O)C1)CCC2. The molecule has 8 nitrogen and oxygen atoms in total. The van der Waals surface area contributed by atoms with Crippen molar-refractivity contribution in [2.45, 2.75) is 31.4 Å². The molecule has 6 N–H and O–H groups in total. The van der Waals surface area contributed by atoms with Crippen molar-refractivity contribution in [2.75, 3.05) is 29.0 Å². The van der Waals surface area contributed by atoms with Crippen molar-refractivity contribution in [3.63, 3.8) is 0 Å². The van der Waals surface area contributed by atoms with Crippen molar-refractivity contribution in [1.29, 1.82) is 0 Å². The van der Waals surface area contributed by atoms with E-state index in [1.165, 1.54) is 6.07 Å². The van der Waals surface area contributed by atoms with Crippen molar-refractivity contribution in [1.82, 2.24) is 9.97 Å². The van der Waals surface area contributed by atoms with E-state index in [0.717, 1.165) is 59.7 Å². The van der Waals surface area contributed by atoms with Crippen LogP contribution in [-0.2, 0) is 12.8 Å². The van der Waals surface area contributed by atoms with Gasteiger partial charge in [0.1, 0.15) is 21.6 Å². The maximum atomic E-state index is 14.2. The van der Waals surface area contributed by atoms with Gasteiger partial charge in [-0.15, -0.1) is 0 Å². The Kier molecular flexibility index (Phi) is 5.47. The fourth-order valence-corrected chi connectivity index (χ4v) is 5.30. The number of nitrogens with zero attached hydrogens (tertiary/aromatic N) is 3. The molecule has 1 aromatic carbocycles. The Morgan fingerprint density at radius 2 is 2.00 bits per heavy atom. The minimum atomic E-state index is -0.787. The predicted molar refractivity (Wildman–Crippen MR) is 122 cm³/mol. The molecular weight excluding hydrogens is 450 g/mol. The van der Waals surface area contributed by atoms with Gasteiger partial charge in [0, 0.05) is 24.8 Å². The number of nitrogens with one attached hydrogen (secondary N) is 1. The Balaban J connectivity index is 1.49. The summed E-state index contributed by atoms with van der Waals surface area (Å²) >= 11 is 0.835. The van der Waals surface area contributed by atoms with Gasteiger partial charge in [0.2, 0.25) is 0 Å². The third kappa shape index (κ3) is 3.81. The minimum Gasteiger partial charge on any atom is -0.390 e. The molecule has 1 aliphatic carbocycles.